The van der Waals surface area contributed by atoms with Gasteiger partial charge in [-0.3, -0.25) is 14.9 Å². The smallest absolute Gasteiger partial charge is 0.277 e. The number of aromatic amines is 1. The number of amides is 1. The van der Waals surface area contributed by atoms with E-state index in [1.54, 1.807) is 48.7 Å². The van der Waals surface area contributed by atoms with Gasteiger partial charge in [-0.05, 0) is 48.5 Å². The molecule has 0 saturated carbocycles. The first-order valence-electron chi connectivity index (χ1n) is 10.6. The first-order valence-corrected chi connectivity index (χ1v) is 10.6. The number of halogens is 1. The number of carbonyl (C=O) groups excluding carboxylic acids is 1. The van der Waals surface area contributed by atoms with Crippen LogP contribution in [0.4, 0.5) is 4.39 Å². The molecule has 4 aromatic rings. The van der Waals surface area contributed by atoms with Crippen LogP contribution in [-0.2, 0) is 11.2 Å². The first-order chi connectivity index (χ1) is 16.6. The lowest BCUT2D eigenvalue weighted by atomic mass is 10.0. The van der Waals surface area contributed by atoms with Crippen LogP contribution in [0.25, 0.3) is 22.5 Å². The summed E-state index contributed by atoms with van der Waals surface area (Å²) in [6.45, 7) is -0.321. The lowest BCUT2D eigenvalue weighted by Gasteiger charge is -2.15. The summed E-state index contributed by atoms with van der Waals surface area (Å²) < 4.78 is 18.6. The van der Waals surface area contributed by atoms with E-state index in [0.29, 0.717) is 33.9 Å². The second-order valence-electron chi connectivity index (χ2n) is 7.53. The zero-order valence-corrected chi connectivity index (χ0v) is 18.5. The highest BCUT2D eigenvalue weighted by Crippen LogP contribution is 2.27. The zero-order valence-electron chi connectivity index (χ0n) is 18.5. The SMILES string of the molecule is CO[C@H](CO)C(Cc1ccccn1)=NC(=O)c1ccccc1-c1cc(-c2ccc(F)cc2)n[nH]1. The van der Waals surface area contributed by atoms with Crippen LogP contribution in [-0.4, -0.2) is 51.7 Å². The summed E-state index contributed by atoms with van der Waals surface area (Å²) in [6, 6.07) is 20.3. The minimum atomic E-state index is -0.740. The number of rotatable bonds is 8. The summed E-state index contributed by atoms with van der Waals surface area (Å²) in [5.74, 6) is -0.804. The number of pyridine rings is 1. The molecular weight excluding hydrogens is 435 g/mol. The highest BCUT2D eigenvalue weighted by Gasteiger charge is 2.20. The van der Waals surface area contributed by atoms with Gasteiger partial charge >= 0.3 is 0 Å². The molecule has 2 N–H and O–H groups in total. The molecule has 2 aromatic heterocycles. The summed E-state index contributed by atoms with van der Waals surface area (Å²) >= 11 is 0. The van der Waals surface area contributed by atoms with Crippen molar-refractivity contribution < 1.29 is 19.0 Å². The molecule has 0 spiro atoms. The molecule has 0 bridgehead atoms. The molecule has 2 heterocycles. The van der Waals surface area contributed by atoms with Gasteiger partial charge in [0.05, 0.1) is 29.3 Å². The molecule has 0 aliphatic carbocycles. The van der Waals surface area contributed by atoms with Crippen LogP contribution in [0.1, 0.15) is 16.1 Å². The number of aromatic nitrogens is 3. The van der Waals surface area contributed by atoms with E-state index in [1.165, 1.54) is 19.2 Å². The van der Waals surface area contributed by atoms with Gasteiger partial charge in [0, 0.05) is 36.5 Å². The molecule has 1 atom stereocenters. The van der Waals surface area contributed by atoms with Gasteiger partial charge in [0.1, 0.15) is 11.9 Å². The Morgan fingerprint density at radius 1 is 1.12 bits per heavy atom. The number of aliphatic hydroxyl groups is 1. The molecule has 4 rings (SSSR count). The minimum Gasteiger partial charge on any atom is -0.393 e. The maximum absolute atomic E-state index is 13.3. The van der Waals surface area contributed by atoms with Crippen molar-refractivity contribution in [3.63, 3.8) is 0 Å². The summed E-state index contributed by atoms with van der Waals surface area (Å²) in [4.78, 5) is 21.9. The van der Waals surface area contributed by atoms with E-state index in [9.17, 15) is 14.3 Å². The van der Waals surface area contributed by atoms with E-state index in [4.69, 9.17) is 4.74 Å². The van der Waals surface area contributed by atoms with Gasteiger partial charge in [-0.2, -0.15) is 5.10 Å². The lowest BCUT2D eigenvalue weighted by molar-refractivity contribution is 0.0912. The predicted molar refractivity (Wildman–Crippen MR) is 127 cm³/mol. The topological polar surface area (TPSA) is 100 Å². The van der Waals surface area contributed by atoms with Gasteiger partial charge < -0.3 is 9.84 Å². The van der Waals surface area contributed by atoms with Gasteiger partial charge in [0.25, 0.3) is 5.91 Å². The van der Waals surface area contributed by atoms with Crippen LogP contribution in [0.3, 0.4) is 0 Å². The van der Waals surface area contributed by atoms with Crippen molar-refractivity contribution in [2.45, 2.75) is 12.5 Å². The Hall–Kier alpha value is -4.01. The highest BCUT2D eigenvalue weighted by molar-refractivity contribution is 6.08. The number of aliphatic imine (C=N–C) groups is 1. The van der Waals surface area contributed by atoms with Crippen LogP contribution in [0.2, 0.25) is 0 Å². The molecular formula is C26H23FN4O3. The average Bonchev–Trinajstić information content (AvgIpc) is 3.36. The number of hydrogen-bond acceptors (Lipinski definition) is 5. The van der Waals surface area contributed by atoms with Crippen molar-refractivity contribution in [2.75, 3.05) is 13.7 Å². The quantitative estimate of drug-likeness (QED) is 0.387. The number of H-pyrrole nitrogens is 1. The van der Waals surface area contributed by atoms with Crippen LogP contribution in [0, 0.1) is 5.82 Å². The van der Waals surface area contributed by atoms with Gasteiger partial charge in [-0.15, -0.1) is 0 Å². The Labute approximate surface area is 196 Å². The van der Waals surface area contributed by atoms with Crippen LogP contribution in [0.15, 0.2) is 84.0 Å². The number of nitrogens with one attached hydrogen (secondary N) is 1. The number of aliphatic hydroxyl groups excluding tert-OH is 1. The largest absolute Gasteiger partial charge is 0.393 e. The minimum absolute atomic E-state index is 0.257. The van der Waals surface area contributed by atoms with E-state index in [-0.39, 0.29) is 18.8 Å². The number of methoxy groups -OCH3 is 1. The third-order valence-corrected chi connectivity index (χ3v) is 5.32. The normalized spacial score (nSPS) is 12.5. The molecule has 0 aliphatic heterocycles. The molecule has 2 aromatic carbocycles. The molecule has 0 unspecified atom stereocenters. The lowest BCUT2D eigenvalue weighted by Crippen LogP contribution is -2.30. The van der Waals surface area contributed by atoms with Gasteiger partial charge in [0.15, 0.2) is 0 Å². The molecule has 0 aliphatic rings. The third-order valence-electron chi connectivity index (χ3n) is 5.32. The molecule has 1 amide bonds. The van der Waals surface area contributed by atoms with E-state index >= 15 is 0 Å². The number of hydrogen-bond donors (Lipinski definition) is 2. The molecule has 0 saturated heterocycles. The molecule has 0 fully saturated rings. The summed E-state index contributed by atoms with van der Waals surface area (Å²) in [5.41, 5.74) is 4.05. The highest BCUT2D eigenvalue weighted by atomic mass is 19.1. The molecule has 172 valence electrons. The summed E-state index contributed by atoms with van der Waals surface area (Å²) in [6.07, 6.45) is 1.17. The van der Waals surface area contributed by atoms with Crippen molar-refractivity contribution in [1.29, 1.82) is 0 Å². The molecule has 0 radical (unpaired) electrons. The Balaban J connectivity index is 1.67. The standard InChI is InChI=1S/C26H23FN4O3/c1-34-25(16-32)24(14-19-6-4-5-13-28-19)29-26(33)21-8-3-2-7-20(21)23-15-22(30-31-23)17-9-11-18(27)12-10-17/h2-13,15,25,32H,14,16H2,1H3,(H,30,31)/t25-/m1/s1. The molecule has 8 heteroatoms. The van der Waals surface area contributed by atoms with Crippen molar-refractivity contribution in [3.8, 4) is 22.5 Å². The van der Waals surface area contributed by atoms with E-state index < -0.39 is 12.0 Å². The van der Waals surface area contributed by atoms with E-state index in [1.807, 2.05) is 18.2 Å². The van der Waals surface area contributed by atoms with Crippen LogP contribution < -0.4 is 0 Å². The van der Waals surface area contributed by atoms with Crippen molar-refractivity contribution >= 4 is 11.6 Å². The third kappa shape index (κ3) is 5.31. The van der Waals surface area contributed by atoms with Crippen molar-refractivity contribution in [3.05, 3.63) is 96.1 Å². The second kappa shape index (κ2) is 10.7. The Morgan fingerprint density at radius 3 is 2.59 bits per heavy atom. The Morgan fingerprint density at radius 2 is 1.88 bits per heavy atom. The number of carbonyl (C=O) groups is 1. The fourth-order valence-electron chi connectivity index (χ4n) is 3.55. The van der Waals surface area contributed by atoms with Crippen molar-refractivity contribution in [1.82, 2.24) is 15.2 Å². The van der Waals surface area contributed by atoms with Crippen LogP contribution >= 0.6 is 0 Å². The van der Waals surface area contributed by atoms with Gasteiger partial charge in [-0.25, -0.2) is 9.38 Å². The zero-order chi connectivity index (χ0) is 23.9. The molecule has 7 nitrogen and oxygen atoms in total. The summed E-state index contributed by atoms with van der Waals surface area (Å²) in [5, 5.41) is 17.0. The Bertz CT molecular complexity index is 1280. The fraction of sp³-hybridized carbons (Fsp3) is 0.154. The Kier molecular flexibility index (Phi) is 7.31. The maximum Gasteiger partial charge on any atom is 0.277 e. The number of ether oxygens (including phenoxy) is 1. The maximum atomic E-state index is 13.3. The molecule has 34 heavy (non-hydrogen) atoms. The monoisotopic (exact) mass is 458 g/mol. The van der Waals surface area contributed by atoms with Gasteiger partial charge in [-0.1, -0.05) is 24.3 Å². The fourth-order valence-corrected chi connectivity index (χ4v) is 3.55. The second-order valence-corrected chi connectivity index (χ2v) is 7.53. The van der Waals surface area contributed by atoms with Crippen molar-refractivity contribution in [2.24, 2.45) is 4.99 Å². The van der Waals surface area contributed by atoms with E-state index in [0.717, 1.165) is 5.56 Å². The number of nitrogens with zero attached hydrogens (tertiary/aromatic N) is 3. The van der Waals surface area contributed by atoms with E-state index in [2.05, 4.69) is 20.2 Å². The first kappa shape index (κ1) is 23.2. The van der Waals surface area contributed by atoms with Crippen LogP contribution in [0.5, 0.6) is 0 Å². The average molecular weight is 458 g/mol. The number of benzene rings is 2. The van der Waals surface area contributed by atoms with Gasteiger partial charge in [0.2, 0.25) is 0 Å². The predicted octanol–water partition coefficient (Wildman–Crippen LogP) is 4.11. The summed E-state index contributed by atoms with van der Waals surface area (Å²) in [7, 11) is 1.45.